The van der Waals surface area contributed by atoms with E-state index < -0.39 is 22.3 Å². The number of benzene rings is 1. The van der Waals surface area contributed by atoms with E-state index in [4.69, 9.17) is 28.5 Å². The number of alkyl halides is 3. The van der Waals surface area contributed by atoms with Crippen LogP contribution in [0.4, 0.5) is 13.2 Å². The van der Waals surface area contributed by atoms with Crippen LogP contribution in [0.15, 0.2) is 12.1 Å². The molecule has 14 heavy (non-hydrogen) atoms. The van der Waals surface area contributed by atoms with E-state index in [1.807, 2.05) is 0 Å². The van der Waals surface area contributed by atoms with E-state index in [-0.39, 0.29) is 5.02 Å². The molecular weight excluding hydrogens is 238 g/mol. The molecule has 1 aromatic rings. The molecule has 0 amide bonds. The van der Waals surface area contributed by atoms with Crippen molar-refractivity contribution < 1.29 is 13.2 Å². The van der Waals surface area contributed by atoms with Gasteiger partial charge in [-0.2, -0.15) is 18.4 Å². The highest BCUT2D eigenvalue weighted by atomic mass is 35.5. The molecule has 74 valence electrons. The van der Waals surface area contributed by atoms with Crippen LogP contribution in [-0.2, 0) is 6.18 Å². The van der Waals surface area contributed by atoms with Gasteiger partial charge in [-0.3, -0.25) is 0 Å². The van der Waals surface area contributed by atoms with E-state index in [0.717, 1.165) is 12.1 Å². The second kappa shape index (κ2) is 3.68. The van der Waals surface area contributed by atoms with Crippen molar-refractivity contribution in [2.75, 3.05) is 0 Å². The van der Waals surface area contributed by atoms with E-state index in [1.54, 1.807) is 0 Å². The van der Waals surface area contributed by atoms with Gasteiger partial charge < -0.3 is 0 Å². The quantitative estimate of drug-likeness (QED) is 0.674. The van der Waals surface area contributed by atoms with Crippen molar-refractivity contribution in [3.05, 3.63) is 33.3 Å². The van der Waals surface area contributed by atoms with Gasteiger partial charge in [0.15, 0.2) is 0 Å². The Bertz CT molecular complexity index is 406. The molecule has 0 fully saturated rings. The van der Waals surface area contributed by atoms with E-state index in [1.165, 1.54) is 6.07 Å². The predicted octanol–water partition coefficient (Wildman–Crippen LogP) is 3.88. The van der Waals surface area contributed by atoms with Crippen LogP contribution in [0, 0.1) is 11.3 Å². The Labute approximate surface area is 87.7 Å². The Balaban J connectivity index is 3.54. The number of hydrogen-bond donors (Lipinski definition) is 0. The summed E-state index contributed by atoms with van der Waals surface area (Å²) < 4.78 is 37.1. The number of nitrogens with zero attached hydrogens (tertiary/aromatic N) is 1. The van der Waals surface area contributed by atoms with E-state index in [9.17, 15) is 13.2 Å². The van der Waals surface area contributed by atoms with Gasteiger partial charge in [0.05, 0.1) is 27.2 Å². The summed E-state index contributed by atoms with van der Waals surface area (Å²) in [6.07, 6.45) is -4.67. The van der Waals surface area contributed by atoms with Gasteiger partial charge in [0.2, 0.25) is 0 Å². The minimum atomic E-state index is -4.67. The number of halogens is 5. The van der Waals surface area contributed by atoms with Gasteiger partial charge in [-0.25, -0.2) is 0 Å². The maximum Gasteiger partial charge on any atom is 0.419 e. The molecule has 0 saturated carbocycles. The summed E-state index contributed by atoms with van der Waals surface area (Å²) in [7, 11) is 0. The molecule has 0 N–H and O–H groups in total. The summed E-state index contributed by atoms with van der Waals surface area (Å²) in [5, 5.41) is 7.58. The van der Waals surface area contributed by atoms with Crippen molar-refractivity contribution in [2.24, 2.45) is 0 Å². The van der Waals surface area contributed by atoms with Crippen molar-refractivity contribution in [2.45, 2.75) is 6.18 Å². The first kappa shape index (κ1) is 11.2. The van der Waals surface area contributed by atoms with E-state index in [2.05, 4.69) is 0 Å². The van der Waals surface area contributed by atoms with Crippen LogP contribution >= 0.6 is 23.2 Å². The first-order chi connectivity index (χ1) is 6.38. The topological polar surface area (TPSA) is 23.8 Å². The highest BCUT2D eigenvalue weighted by Crippen LogP contribution is 2.40. The molecule has 1 rings (SSSR count). The van der Waals surface area contributed by atoms with Gasteiger partial charge in [-0.05, 0) is 12.1 Å². The van der Waals surface area contributed by atoms with Gasteiger partial charge in [0, 0.05) is 0 Å². The average Bonchev–Trinajstić information content (AvgIpc) is 2.07. The van der Waals surface area contributed by atoms with Crippen LogP contribution in [0.1, 0.15) is 11.1 Å². The fraction of sp³-hybridized carbons (Fsp3) is 0.125. The average molecular weight is 240 g/mol. The molecule has 0 aromatic heterocycles. The lowest BCUT2D eigenvalue weighted by atomic mass is 10.1. The lowest BCUT2D eigenvalue weighted by Gasteiger charge is -2.11. The lowest BCUT2D eigenvalue weighted by molar-refractivity contribution is -0.137. The van der Waals surface area contributed by atoms with Gasteiger partial charge in [0.25, 0.3) is 0 Å². The fourth-order valence-corrected chi connectivity index (χ4v) is 1.35. The van der Waals surface area contributed by atoms with Gasteiger partial charge in [-0.1, -0.05) is 23.2 Å². The maximum absolute atomic E-state index is 12.4. The van der Waals surface area contributed by atoms with E-state index in [0.29, 0.717) is 0 Å². The summed E-state index contributed by atoms with van der Waals surface area (Å²) in [5.41, 5.74) is -1.72. The van der Waals surface area contributed by atoms with Gasteiger partial charge in [-0.15, -0.1) is 0 Å². The summed E-state index contributed by atoms with van der Waals surface area (Å²) >= 11 is 10.8. The zero-order valence-corrected chi connectivity index (χ0v) is 8.00. The van der Waals surface area contributed by atoms with Crippen LogP contribution in [0.3, 0.4) is 0 Å². The smallest absolute Gasteiger partial charge is 0.192 e. The summed E-state index contributed by atoms with van der Waals surface area (Å²) in [6.45, 7) is 0. The Morgan fingerprint density at radius 1 is 1.21 bits per heavy atom. The number of hydrogen-bond acceptors (Lipinski definition) is 1. The third-order valence-corrected chi connectivity index (χ3v) is 2.30. The van der Waals surface area contributed by atoms with Crippen molar-refractivity contribution >= 4 is 23.2 Å². The first-order valence-corrected chi connectivity index (χ1v) is 4.09. The molecule has 0 atom stereocenters. The molecule has 0 saturated heterocycles. The summed E-state index contributed by atoms with van der Waals surface area (Å²) in [6, 6.07) is 3.54. The van der Waals surface area contributed by atoms with Crippen molar-refractivity contribution in [3.63, 3.8) is 0 Å². The lowest BCUT2D eigenvalue weighted by Crippen LogP contribution is -2.08. The zero-order valence-electron chi connectivity index (χ0n) is 6.49. The third kappa shape index (κ3) is 1.94. The van der Waals surface area contributed by atoms with Crippen molar-refractivity contribution in [1.82, 2.24) is 0 Å². The van der Waals surface area contributed by atoms with Crippen LogP contribution in [0.5, 0.6) is 0 Å². The Hall–Kier alpha value is -0.920. The Kier molecular flexibility index (Phi) is 2.93. The highest BCUT2D eigenvalue weighted by Gasteiger charge is 2.37. The van der Waals surface area contributed by atoms with Gasteiger partial charge >= 0.3 is 6.18 Å². The second-order valence-electron chi connectivity index (χ2n) is 2.39. The van der Waals surface area contributed by atoms with Crippen LogP contribution < -0.4 is 0 Å². The summed E-state index contributed by atoms with van der Waals surface area (Å²) in [5.74, 6) is 0. The van der Waals surface area contributed by atoms with Crippen molar-refractivity contribution in [1.29, 1.82) is 5.26 Å². The normalized spacial score (nSPS) is 11.1. The maximum atomic E-state index is 12.4. The standard InChI is InChI=1S/C8H2Cl2F3N/c9-5-2-1-4(3-14)6(7(5)10)8(11,12)13/h1-2H. The third-order valence-electron chi connectivity index (χ3n) is 1.50. The van der Waals surface area contributed by atoms with Gasteiger partial charge in [0.1, 0.15) is 0 Å². The molecule has 0 bridgehead atoms. The Morgan fingerprint density at radius 3 is 2.21 bits per heavy atom. The fourth-order valence-electron chi connectivity index (χ4n) is 0.921. The van der Waals surface area contributed by atoms with Crippen LogP contribution in [0.25, 0.3) is 0 Å². The molecule has 0 spiro atoms. The SMILES string of the molecule is N#Cc1ccc(Cl)c(Cl)c1C(F)(F)F. The molecule has 0 aliphatic heterocycles. The van der Waals surface area contributed by atoms with Crippen LogP contribution in [-0.4, -0.2) is 0 Å². The molecule has 1 nitrogen and oxygen atoms in total. The Morgan fingerprint density at radius 2 is 1.79 bits per heavy atom. The molecule has 0 unspecified atom stereocenters. The zero-order chi connectivity index (χ0) is 10.9. The minimum Gasteiger partial charge on any atom is -0.192 e. The molecule has 0 heterocycles. The molecule has 0 aliphatic carbocycles. The molecule has 6 heteroatoms. The number of rotatable bonds is 0. The number of nitriles is 1. The van der Waals surface area contributed by atoms with E-state index >= 15 is 0 Å². The largest absolute Gasteiger partial charge is 0.419 e. The highest BCUT2D eigenvalue weighted by molar-refractivity contribution is 6.42. The molecular formula is C8H2Cl2F3N. The monoisotopic (exact) mass is 239 g/mol. The minimum absolute atomic E-state index is 0.224. The molecule has 1 aromatic carbocycles. The van der Waals surface area contributed by atoms with Crippen LogP contribution in [0.2, 0.25) is 10.0 Å². The molecule has 0 radical (unpaired) electrons. The van der Waals surface area contributed by atoms with Crippen molar-refractivity contribution in [3.8, 4) is 6.07 Å². The molecule has 0 aliphatic rings. The summed E-state index contributed by atoms with van der Waals surface area (Å²) in [4.78, 5) is 0. The second-order valence-corrected chi connectivity index (χ2v) is 3.18. The predicted molar refractivity (Wildman–Crippen MR) is 46.2 cm³/mol. The first-order valence-electron chi connectivity index (χ1n) is 3.33.